The number of anilines is 1. The van der Waals surface area contributed by atoms with E-state index in [4.69, 9.17) is 0 Å². The van der Waals surface area contributed by atoms with Gasteiger partial charge in [-0.05, 0) is 37.4 Å². The van der Waals surface area contributed by atoms with Gasteiger partial charge in [0.2, 0.25) is 0 Å². The number of carbonyl (C=O) groups excluding carboxylic acids is 1. The van der Waals surface area contributed by atoms with Gasteiger partial charge in [-0.1, -0.05) is 0 Å². The minimum atomic E-state index is -0.0310. The van der Waals surface area contributed by atoms with E-state index in [-0.39, 0.29) is 11.9 Å². The molecular weight excluding hydrogens is 346 g/mol. The number of carbonyl (C=O) groups is 1. The Morgan fingerprint density at radius 1 is 1.23 bits per heavy atom. The number of thiophene rings is 1. The van der Waals surface area contributed by atoms with E-state index in [0.717, 1.165) is 55.1 Å². The second-order valence-electron chi connectivity index (χ2n) is 7.75. The lowest BCUT2D eigenvalue weighted by atomic mass is 9.97. The fourth-order valence-corrected chi connectivity index (χ4v) is 5.63. The number of pyridine rings is 1. The Morgan fingerprint density at radius 3 is 2.96 bits per heavy atom. The number of hydrogen-bond donors (Lipinski definition) is 2. The van der Waals surface area contributed by atoms with Gasteiger partial charge in [0.05, 0.1) is 5.00 Å². The van der Waals surface area contributed by atoms with Crippen molar-refractivity contribution in [3.8, 4) is 0 Å². The second kappa shape index (κ2) is 6.79. The van der Waals surface area contributed by atoms with Crippen LogP contribution in [0.25, 0.3) is 10.1 Å². The number of nitrogens with zero attached hydrogens (tertiary/aromatic N) is 3. The zero-order valence-electron chi connectivity index (χ0n) is 14.9. The van der Waals surface area contributed by atoms with E-state index in [1.807, 2.05) is 12.3 Å². The summed E-state index contributed by atoms with van der Waals surface area (Å²) in [6, 6.07) is 4.42. The topological polar surface area (TPSA) is 60.5 Å². The molecule has 3 aliphatic rings. The minimum Gasteiger partial charge on any atom is -0.361 e. The molecule has 3 aliphatic heterocycles. The fourth-order valence-electron chi connectivity index (χ4n) is 4.51. The number of hydrogen-bond acceptors (Lipinski definition) is 6. The lowest BCUT2D eigenvalue weighted by molar-refractivity contribution is 0.0904. The maximum absolute atomic E-state index is 12.7. The molecule has 2 aromatic heterocycles. The Morgan fingerprint density at radius 2 is 2.12 bits per heavy atom. The highest BCUT2D eigenvalue weighted by molar-refractivity contribution is 7.22. The standard InChI is InChI=1S/C19H25N5OS/c25-19(22-15-7-13-1-4-23(11-13)12-15)16-9-17-14(10-21-16)8-18(26-17)24-5-2-20-3-6-24/h8-10,13,15,20H,1-7,11-12H2,(H,22,25)/t13-,15+/m0/s1. The fraction of sp³-hybridized carbons (Fsp3) is 0.579. The van der Waals surface area contributed by atoms with Crippen molar-refractivity contribution in [3.63, 3.8) is 0 Å². The third-order valence-corrected chi connectivity index (χ3v) is 7.01. The summed E-state index contributed by atoms with van der Waals surface area (Å²) in [6.07, 6.45) is 4.23. The van der Waals surface area contributed by atoms with Gasteiger partial charge in [-0.3, -0.25) is 9.78 Å². The van der Waals surface area contributed by atoms with Gasteiger partial charge < -0.3 is 20.4 Å². The Balaban J connectivity index is 1.31. The molecule has 26 heavy (non-hydrogen) atoms. The van der Waals surface area contributed by atoms with Crippen LogP contribution in [0.1, 0.15) is 23.3 Å². The van der Waals surface area contributed by atoms with E-state index in [1.165, 1.54) is 24.5 Å². The van der Waals surface area contributed by atoms with Crippen molar-refractivity contribution in [2.75, 3.05) is 50.7 Å². The van der Waals surface area contributed by atoms with Crippen molar-refractivity contribution in [2.24, 2.45) is 5.92 Å². The Kier molecular flexibility index (Phi) is 4.30. The van der Waals surface area contributed by atoms with Crippen LogP contribution in [0, 0.1) is 5.92 Å². The van der Waals surface area contributed by atoms with Crippen molar-refractivity contribution < 1.29 is 4.79 Å². The Bertz CT molecular complexity index is 803. The van der Waals surface area contributed by atoms with Gasteiger partial charge in [-0.15, -0.1) is 11.3 Å². The van der Waals surface area contributed by atoms with Crippen LogP contribution in [0.3, 0.4) is 0 Å². The molecule has 138 valence electrons. The molecular formula is C19H25N5OS. The van der Waals surface area contributed by atoms with Gasteiger partial charge in [0, 0.05) is 61.6 Å². The summed E-state index contributed by atoms with van der Waals surface area (Å²) in [5.41, 5.74) is 0.541. The van der Waals surface area contributed by atoms with Crippen LogP contribution in [0.4, 0.5) is 5.00 Å². The molecule has 1 amide bonds. The van der Waals surface area contributed by atoms with E-state index >= 15 is 0 Å². The van der Waals surface area contributed by atoms with E-state index in [2.05, 4.69) is 31.5 Å². The highest BCUT2D eigenvalue weighted by atomic mass is 32.1. The molecule has 0 radical (unpaired) electrons. The molecule has 0 saturated carbocycles. The van der Waals surface area contributed by atoms with Crippen molar-refractivity contribution in [1.82, 2.24) is 20.5 Å². The number of fused-ring (bicyclic) bond motifs is 3. The zero-order valence-corrected chi connectivity index (χ0v) is 15.7. The van der Waals surface area contributed by atoms with Gasteiger partial charge in [0.25, 0.3) is 5.91 Å². The number of rotatable bonds is 3. The lowest BCUT2D eigenvalue weighted by Gasteiger charge is -2.30. The summed E-state index contributed by atoms with van der Waals surface area (Å²) in [5.74, 6) is 0.722. The van der Waals surface area contributed by atoms with Crippen molar-refractivity contribution >= 4 is 32.3 Å². The van der Waals surface area contributed by atoms with E-state index in [9.17, 15) is 4.79 Å². The monoisotopic (exact) mass is 371 g/mol. The van der Waals surface area contributed by atoms with Crippen molar-refractivity contribution in [2.45, 2.75) is 18.9 Å². The van der Waals surface area contributed by atoms with Crippen LogP contribution in [0.5, 0.6) is 0 Å². The van der Waals surface area contributed by atoms with Crippen LogP contribution >= 0.6 is 11.3 Å². The first-order valence-corrected chi connectivity index (χ1v) is 10.4. The largest absolute Gasteiger partial charge is 0.361 e. The minimum absolute atomic E-state index is 0.0310. The molecule has 3 atom stereocenters. The smallest absolute Gasteiger partial charge is 0.270 e. The van der Waals surface area contributed by atoms with Gasteiger partial charge in [-0.25, -0.2) is 0 Å². The summed E-state index contributed by atoms with van der Waals surface area (Å²) in [7, 11) is 0. The molecule has 0 spiro atoms. The SMILES string of the molecule is O=C(N[C@@H]1C[C@@H]2CCN(C2)C1)c1cc2sc(N3CCNCC3)cc2cn1. The summed E-state index contributed by atoms with van der Waals surface area (Å²) >= 11 is 1.76. The molecule has 0 aromatic carbocycles. The lowest BCUT2D eigenvalue weighted by Crippen LogP contribution is -2.47. The highest BCUT2D eigenvalue weighted by Gasteiger charge is 2.33. The van der Waals surface area contributed by atoms with Crippen LogP contribution in [-0.4, -0.2) is 67.6 Å². The molecule has 2 N–H and O–H groups in total. The molecule has 1 unspecified atom stereocenters. The van der Waals surface area contributed by atoms with Crippen molar-refractivity contribution in [1.29, 1.82) is 0 Å². The van der Waals surface area contributed by atoms with Crippen LogP contribution in [0.2, 0.25) is 0 Å². The predicted molar refractivity (Wildman–Crippen MR) is 105 cm³/mol. The van der Waals surface area contributed by atoms with Gasteiger partial charge in [-0.2, -0.15) is 0 Å². The maximum Gasteiger partial charge on any atom is 0.270 e. The summed E-state index contributed by atoms with van der Waals surface area (Å²) in [5, 5.41) is 9.00. The molecule has 7 heteroatoms. The van der Waals surface area contributed by atoms with Crippen LogP contribution in [0.15, 0.2) is 18.3 Å². The number of piperazine rings is 1. The number of aromatic nitrogens is 1. The highest BCUT2D eigenvalue weighted by Crippen LogP contribution is 2.33. The molecule has 6 nitrogen and oxygen atoms in total. The Labute approximate surface area is 157 Å². The van der Waals surface area contributed by atoms with Crippen molar-refractivity contribution in [3.05, 3.63) is 24.0 Å². The van der Waals surface area contributed by atoms with Gasteiger partial charge in [0.1, 0.15) is 5.69 Å². The molecule has 2 bridgehead atoms. The van der Waals surface area contributed by atoms with Crippen LogP contribution in [-0.2, 0) is 0 Å². The van der Waals surface area contributed by atoms with E-state index < -0.39 is 0 Å². The molecule has 2 aromatic rings. The average molecular weight is 372 g/mol. The predicted octanol–water partition coefficient (Wildman–Crippen LogP) is 1.53. The first-order valence-electron chi connectivity index (χ1n) is 9.63. The third-order valence-electron chi connectivity index (χ3n) is 5.85. The normalized spacial score (nSPS) is 28.5. The third kappa shape index (κ3) is 3.19. The number of nitrogens with one attached hydrogen (secondary N) is 2. The molecule has 0 aliphatic carbocycles. The summed E-state index contributed by atoms with van der Waals surface area (Å²) in [6.45, 7) is 7.50. The van der Waals surface area contributed by atoms with Gasteiger partial charge in [0.15, 0.2) is 0 Å². The summed E-state index contributed by atoms with van der Waals surface area (Å²) < 4.78 is 1.14. The maximum atomic E-state index is 12.7. The second-order valence-corrected chi connectivity index (χ2v) is 8.81. The van der Waals surface area contributed by atoms with Gasteiger partial charge >= 0.3 is 0 Å². The number of piperidine rings is 1. The number of amides is 1. The first-order chi connectivity index (χ1) is 12.7. The molecule has 5 rings (SSSR count). The zero-order chi connectivity index (χ0) is 17.5. The Hall–Kier alpha value is -1.70. The molecule has 5 heterocycles. The average Bonchev–Trinajstić information content (AvgIpc) is 3.24. The molecule has 3 saturated heterocycles. The van der Waals surface area contributed by atoms with E-state index in [0.29, 0.717) is 5.69 Å². The first kappa shape index (κ1) is 16.5. The van der Waals surface area contributed by atoms with Crippen LogP contribution < -0.4 is 15.5 Å². The van der Waals surface area contributed by atoms with E-state index in [1.54, 1.807) is 11.3 Å². The molecule has 3 fully saturated rings. The quantitative estimate of drug-likeness (QED) is 0.857. The summed E-state index contributed by atoms with van der Waals surface area (Å²) in [4.78, 5) is 22.0.